The van der Waals surface area contributed by atoms with Crippen LogP contribution in [0.1, 0.15) is 57.1 Å². The average molecular weight is 516 g/mol. The Bertz CT molecular complexity index is 1180. The van der Waals surface area contributed by atoms with Crippen LogP contribution in [0.4, 0.5) is 5.69 Å². The normalized spacial score (nSPS) is 12.1. The molecule has 0 fully saturated rings. The molecule has 1 aromatic heterocycles. The van der Waals surface area contributed by atoms with Crippen molar-refractivity contribution in [2.24, 2.45) is 0 Å². The molecule has 0 spiro atoms. The maximum absolute atomic E-state index is 10.5. The number of hydrogen-bond acceptors (Lipinski definition) is 6. The molecular formula is C28H41N3O4S. The first kappa shape index (κ1) is 29.5. The van der Waals surface area contributed by atoms with Gasteiger partial charge in [-0.2, -0.15) is 8.42 Å². The van der Waals surface area contributed by atoms with Gasteiger partial charge in [0.1, 0.15) is 5.75 Å². The molecule has 1 atom stereocenters. The van der Waals surface area contributed by atoms with E-state index in [-0.39, 0.29) is 4.90 Å². The lowest BCUT2D eigenvalue weighted by Gasteiger charge is -2.13. The molecule has 0 saturated heterocycles. The van der Waals surface area contributed by atoms with Gasteiger partial charge in [0.05, 0.1) is 23.2 Å². The first-order valence-corrected chi connectivity index (χ1v) is 14.0. The summed E-state index contributed by atoms with van der Waals surface area (Å²) in [6.07, 6.45) is 8.04. The first-order valence-electron chi connectivity index (χ1n) is 12.6. The second kappa shape index (κ2) is 14.8. The number of unbranched alkanes of at least 4 members (excludes halogenated alkanes) is 3. The fourth-order valence-corrected chi connectivity index (χ4v) is 4.12. The Labute approximate surface area is 216 Å². The fraction of sp³-hybridized carbons (Fsp3) is 0.464. The highest BCUT2D eigenvalue weighted by molar-refractivity contribution is 7.85. The number of hydrogen-bond donors (Lipinski definition) is 3. The summed E-state index contributed by atoms with van der Waals surface area (Å²) in [4.78, 5) is 4.49. The van der Waals surface area contributed by atoms with Crippen LogP contribution in [-0.2, 0) is 10.1 Å². The van der Waals surface area contributed by atoms with Gasteiger partial charge in [-0.1, -0.05) is 37.5 Å². The largest absolute Gasteiger partial charge is 0.497 e. The van der Waals surface area contributed by atoms with E-state index in [0.717, 1.165) is 41.0 Å². The molecule has 3 rings (SSSR count). The number of benzene rings is 2. The van der Waals surface area contributed by atoms with Crippen LogP contribution in [0.15, 0.2) is 53.6 Å². The number of aromatic nitrogens is 1. The minimum atomic E-state index is -4.02. The number of fused-ring (bicyclic) bond motifs is 1. The standard InChI is InChI=1S/C21H33N3O.C7H8O3S/c1-5-17(3)22-11-8-6-7-9-12-23-20-15-18(25-4)14-19-16(2)10-13-24-21(19)20;1-6-2-4-7(5-3-6)11(8,9)10/h10,13-15,17,22-23H,5-9,11-12H2,1-4H3;2-5H,1H3,(H,8,9,10). The van der Waals surface area contributed by atoms with Gasteiger partial charge in [-0.05, 0) is 76.4 Å². The first-order chi connectivity index (χ1) is 17.2. The summed E-state index contributed by atoms with van der Waals surface area (Å²) in [5.41, 5.74) is 4.27. The monoisotopic (exact) mass is 515 g/mol. The van der Waals surface area contributed by atoms with E-state index in [2.05, 4.69) is 42.5 Å². The maximum Gasteiger partial charge on any atom is 0.294 e. The van der Waals surface area contributed by atoms with Crippen molar-refractivity contribution in [3.63, 3.8) is 0 Å². The van der Waals surface area contributed by atoms with Crippen molar-refractivity contribution in [1.82, 2.24) is 10.3 Å². The molecule has 2 aromatic carbocycles. The zero-order valence-corrected chi connectivity index (χ0v) is 23.0. The van der Waals surface area contributed by atoms with Crippen LogP contribution in [0.3, 0.4) is 0 Å². The number of nitrogens with one attached hydrogen (secondary N) is 2. The van der Waals surface area contributed by atoms with Gasteiger partial charge < -0.3 is 15.4 Å². The van der Waals surface area contributed by atoms with Crippen molar-refractivity contribution >= 4 is 26.7 Å². The molecule has 0 aliphatic rings. The second-order valence-electron chi connectivity index (χ2n) is 9.09. The smallest absolute Gasteiger partial charge is 0.294 e. The van der Waals surface area contributed by atoms with Crippen LogP contribution in [0.2, 0.25) is 0 Å². The maximum atomic E-state index is 10.5. The summed E-state index contributed by atoms with van der Waals surface area (Å²) < 4.78 is 35.0. The molecule has 0 bridgehead atoms. The van der Waals surface area contributed by atoms with Crippen LogP contribution in [0.5, 0.6) is 5.75 Å². The van der Waals surface area contributed by atoms with Crippen molar-refractivity contribution in [3.05, 3.63) is 59.8 Å². The number of anilines is 1. The van der Waals surface area contributed by atoms with E-state index in [4.69, 9.17) is 9.29 Å². The zero-order chi connectivity index (χ0) is 26.6. The zero-order valence-electron chi connectivity index (χ0n) is 22.2. The van der Waals surface area contributed by atoms with Crippen LogP contribution in [-0.4, -0.2) is 44.2 Å². The van der Waals surface area contributed by atoms with E-state index in [0.29, 0.717) is 6.04 Å². The SMILES string of the molecule is CCC(C)NCCCCCCNc1cc(OC)cc2c(C)ccnc12.Cc1ccc(S(=O)(=O)O)cc1. The Hall–Kier alpha value is -2.68. The van der Waals surface area contributed by atoms with Crippen LogP contribution < -0.4 is 15.4 Å². The van der Waals surface area contributed by atoms with E-state index in [1.807, 2.05) is 25.3 Å². The van der Waals surface area contributed by atoms with Crippen molar-refractivity contribution in [1.29, 1.82) is 0 Å². The highest BCUT2D eigenvalue weighted by Crippen LogP contribution is 2.29. The molecule has 1 heterocycles. The van der Waals surface area contributed by atoms with Crippen molar-refractivity contribution in [2.45, 2.75) is 70.7 Å². The third-order valence-electron chi connectivity index (χ3n) is 6.12. The van der Waals surface area contributed by atoms with Crippen molar-refractivity contribution in [3.8, 4) is 5.75 Å². The van der Waals surface area contributed by atoms with Crippen LogP contribution >= 0.6 is 0 Å². The molecule has 0 amide bonds. The van der Waals surface area contributed by atoms with Gasteiger partial charge >= 0.3 is 0 Å². The lowest BCUT2D eigenvalue weighted by Crippen LogP contribution is -2.25. The van der Waals surface area contributed by atoms with Crippen LogP contribution in [0.25, 0.3) is 10.9 Å². The summed E-state index contributed by atoms with van der Waals surface area (Å²) in [7, 11) is -2.31. The highest BCUT2D eigenvalue weighted by Gasteiger charge is 2.08. The Kier molecular flexibility index (Phi) is 12.1. The summed E-state index contributed by atoms with van der Waals surface area (Å²) in [5, 5.41) is 8.25. The summed E-state index contributed by atoms with van der Waals surface area (Å²) in [6, 6.07) is 12.8. The van der Waals surface area contributed by atoms with E-state index in [1.54, 1.807) is 19.2 Å². The van der Waals surface area contributed by atoms with Gasteiger partial charge in [0.2, 0.25) is 0 Å². The number of nitrogens with zero attached hydrogens (tertiary/aromatic N) is 1. The van der Waals surface area contributed by atoms with Crippen molar-refractivity contribution in [2.75, 3.05) is 25.5 Å². The lowest BCUT2D eigenvalue weighted by molar-refractivity contribution is 0.415. The predicted octanol–water partition coefficient (Wildman–Crippen LogP) is 6.15. The molecule has 3 aromatic rings. The number of rotatable bonds is 12. The third-order valence-corrected chi connectivity index (χ3v) is 6.98. The number of pyridine rings is 1. The third kappa shape index (κ3) is 9.76. The van der Waals surface area contributed by atoms with Crippen LogP contribution in [0, 0.1) is 13.8 Å². The number of aryl methyl sites for hydroxylation is 2. The van der Waals surface area contributed by atoms with E-state index >= 15 is 0 Å². The molecule has 0 aliphatic heterocycles. The molecule has 0 aliphatic carbocycles. The van der Waals surface area contributed by atoms with E-state index in [1.165, 1.54) is 49.8 Å². The molecule has 1 unspecified atom stereocenters. The predicted molar refractivity (Wildman–Crippen MR) is 149 cm³/mol. The molecule has 3 N–H and O–H groups in total. The highest BCUT2D eigenvalue weighted by atomic mass is 32.2. The molecule has 0 saturated carbocycles. The molecule has 0 radical (unpaired) electrons. The number of methoxy groups -OCH3 is 1. The topological polar surface area (TPSA) is 101 Å². The Balaban J connectivity index is 0.000000346. The summed E-state index contributed by atoms with van der Waals surface area (Å²) >= 11 is 0. The van der Waals surface area contributed by atoms with Gasteiger partial charge in [-0.3, -0.25) is 9.54 Å². The van der Waals surface area contributed by atoms with Gasteiger partial charge in [0, 0.05) is 30.2 Å². The fourth-order valence-electron chi connectivity index (χ4n) is 3.64. The second-order valence-corrected chi connectivity index (χ2v) is 10.5. The minimum Gasteiger partial charge on any atom is -0.497 e. The van der Waals surface area contributed by atoms with Gasteiger partial charge in [0.15, 0.2) is 0 Å². The molecule has 36 heavy (non-hydrogen) atoms. The van der Waals surface area contributed by atoms with E-state index in [9.17, 15) is 8.42 Å². The summed E-state index contributed by atoms with van der Waals surface area (Å²) in [6.45, 7) is 10.5. The molecular weight excluding hydrogens is 474 g/mol. The lowest BCUT2D eigenvalue weighted by atomic mass is 10.1. The van der Waals surface area contributed by atoms with Gasteiger partial charge in [-0.15, -0.1) is 0 Å². The van der Waals surface area contributed by atoms with Gasteiger partial charge in [0.25, 0.3) is 10.1 Å². The Morgan fingerprint density at radius 1 is 1.00 bits per heavy atom. The van der Waals surface area contributed by atoms with Gasteiger partial charge in [-0.25, -0.2) is 0 Å². The quantitative estimate of drug-likeness (QED) is 0.196. The molecule has 7 nitrogen and oxygen atoms in total. The minimum absolute atomic E-state index is 0.0666. The average Bonchev–Trinajstić information content (AvgIpc) is 2.85. The van der Waals surface area contributed by atoms with E-state index < -0.39 is 10.1 Å². The summed E-state index contributed by atoms with van der Waals surface area (Å²) in [5.74, 6) is 0.877. The molecule has 8 heteroatoms. The van der Waals surface area contributed by atoms with Crippen molar-refractivity contribution < 1.29 is 17.7 Å². The Morgan fingerprint density at radius 2 is 1.67 bits per heavy atom. The molecule has 198 valence electrons. The number of ether oxygens (including phenoxy) is 1. The Morgan fingerprint density at radius 3 is 2.28 bits per heavy atom.